The van der Waals surface area contributed by atoms with E-state index < -0.39 is 0 Å². The molecule has 0 aromatic carbocycles. The first-order valence-corrected chi connectivity index (χ1v) is 5.46. The molecule has 1 aliphatic heterocycles. The number of aliphatic hydroxyl groups is 1. The van der Waals surface area contributed by atoms with E-state index in [1.54, 1.807) is 0 Å². The molecule has 1 heterocycles. The molecule has 1 fully saturated rings. The molecule has 84 valence electrons. The smallest absolute Gasteiger partial charge is 0.0900 e. The van der Waals surface area contributed by atoms with Gasteiger partial charge in [-0.15, -0.1) is 0 Å². The lowest BCUT2D eigenvalue weighted by molar-refractivity contribution is 0.0169. The fourth-order valence-corrected chi connectivity index (χ4v) is 1.74. The summed E-state index contributed by atoms with van der Waals surface area (Å²) in [6.45, 7) is 5.77. The van der Waals surface area contributed by atoms with Gasteiger partial charge < -0.3 is 20.5 Å². The second-order valence-corrected chi connectivity index (χ2v) is 3.95. The van der Waals surface area contributed by atoms with Crippen LogP contribution in [0.2, 0.25) is 0 Å². The van der Waals surface area contributed by atoms with Crippen molar-refractivity contribution in [1.82, 2.24) is 4.90 Å². The van der Waals surface area contributed by atoms with Crippen LogP contribution in [-0.2, 0) is 4.74 Å². The highest BCUT2D eigenvalue weighted by atomic mass is 16.5. The fraction of sp³-hybridized carbons (Fsp3) is 1.00. The van der Waals surface area contributed by atoms with Crippen molar-refractivity contribution in [3.05, 3.63) is 0 Å². The van der Waals surface area contributed by atoms with Gasteiger partial charge in [-0.25, -0.2) is 0 Å². The number of nitrogens with zero attached hydrogens (tertiary/aromatic N) is 1. The first kappa shape index (κ1) is 11.9. The summed E-state index contributed by atoms with van der Waals surface area (Å²) in [4.78, 5) is 2.26. The van der Waals surface area contributed by atoms with Crippen LogP contribution in [0.3, 0.4) is 0 Å². The van der Waals surface area contributed by atoms with E-state index in [4.69, 9.17) is 10.5 Å². The maximum absolute atomic E-state index is 9.60. The van der Waals surface area contributed by atoms with Crippen LogP contribution in [0.4, 0.5) is 0 Å². The lowest BCUT2D eigenvalue weighted by atomic mass is 10.1. The summed E-state index contributed by atoms with van der Waals surface area (Å²) in [5.41, 5.74) is 5.79. The van der Waals surface area contributed by atoms with Crippen molar-refractivity contribution in [3.8, 4) is 0 Å². The minimum atomic E-state index is -0.357. The van der Waals surface area contributed by atoms with E-state index in [-0.39, 0.29) is 6.10 Å². The van der Waals surface area contributed by atoms with Crippen molar-refractivity contribution in [2.45, 2.75) is 31.9 Å². The molecule has 0 amide bonds. The lowest BCUT2D eigenvalue weighted by Gasteiger charge is -2.31. The SMILES string of the molecule is CCOCC(O)CN1CCC(N)CC1. The monoisotopic (exact) mass is 202 g/mol. The van der Waals surface area contributed by atoms with Gasteiger partial charge in [0.2, 0.25) is 0 Å². The third-order valence-corrected chi connectivity index (χ3v) is 2.62. The molecule has 0 aliphatic carbocycles. The number of hydrogen-bond donors (Lipinski definition) is 2. The van der Waals surface area contributed by atoms with Gasteiger partial charge in [0.1, 0.15) is 0 Å². The van der Waals surface area contributed by atoms with Gasteiger partial charge in [-0.05, 0) is 32.9 Å². The van der Waals surface area contributed by atoms with Crippen LogP contribution in [0.1, 0.15) is 19.8 Å². The Balaban J connectivity index is 2.10. The summed E-state index contributed by atoms with van der Waals surface area (Å²) < 4.78 is 5.16. The van der Waals surface area contributed by atoms with E-state index >= 15 is 0 Å². The van der Waals surface area contributed by atoms with Crippen molar-refractivity contribution in [2.24, 2.45) is 5.73 Å². The average molecular weight is 202 g/mol. The summed E-state index contributed by atoms with van der Waals surface area (Å²) >= 11 is 0. The highest BCUT2D eigenvalue weighted by Crippen LogP contribution is 2.08. The molecule has 4 heteroatoms. The van der Waals surface area contributed by atoms with Gasteiger partial charge in [0.25, 0.3) is 0 Å². The minimum Gasteiger partial charge on any atom is -0.389 e. The van der Waals surface area contributed by atoms with Gasteiger partial charge >= 0.3 is 0 Å². The van der Waals surface area contributed by atoms with Crippen LogP contribution in [0.5, 0.6) is 0 Å². The van der Waals surface area contributed by atoms with E-state index in [2.05, 4.69) is 4.90 Å². The van der Waals surface area contributed by atoms with Crippen molar-refractivity contribution in [2.75, 3.05) is 32.8 Å². The van der Waals surface area contributed by atoms with Crippen LogP contribution in [-0.4, -0.2) is 55.0 Å². The average Bonchev–Trinajstić information content (AvgIpc) is 2.18. The van der Waals surface area contributed by atoms with Crippen LogP contribution >= 0.6 is 0 Å². The predicted octanol–water partition coefficient (Wildman–Crippen LogP) is -0.193. The topological polar surface area (TPSA) is 58.7 Å². The number of rotatable bonds is 5. The van der Waals surface area contributed by atoms with Crippen LogP contribution < -0.4 is 5.73 Å². The second-order valence-electron chi connectivity index (χ2n) is 3.95. The largest absolute Gasteiger partial charge is 0.389 e. The normalized spacial score (nSPS) is 22.5. The zero-order valence-corrected chi connectivity index (χ0v) is 8.98. The molecule has 0 aromatic heterocycles. The molecule has 1 saturated heterocycles. The Bertz CT molecular complexity index is 147. The number of β-amino-alcohol motifs (C(OH)–C–C–N with tert-alkyl or cyclic N) is 1. The van der Waals surface area contributed by atoms with Gasteiger partial charge in [-0.2, -0.15) is 0 Å². The molecule has 1 aliphatic rings. The lowest BCUT2D eigenvalue weighted by Crippen LogP contribution is -2.43. The van der Waals surface area contributed by atoms with E-state index in [0.29, 0.717) is 25.8 Å². The fourth-order valence-electron chi connectivity index (χ4n) is 1.74. The maximum Gasteiger partial charge on any atom is 0.0900 e. The number of ether oxygens (including phenoxy) is 1. The number of hydrogen-bond acceptors (Lipinski definition) is 4. The Kier molecular flexibility index (Phi) is 5.40. The molecule has 0 saturated carbocycles. The van der Waals surface area contributed by atoms with E-state index in [1.165, 1.54) is 0 Å². The zero-order valence-electron chi connectivity index (χ0n) is 8.98. The number of nitrogens with two attached hydrogens (primary N) is 1. The van der Waals surface area contributed by atoms with Crippen LogP contribution in [0.15, 0.2) is 0 Å². The number of piperidine rings is 1. The molecular formula is C10H22N2O2. The summed E-state index contributed by atoms with van der Waals surface area (Å²) in [5.74, 6) is 0. The summed E-state index contributed by atoms with van der Waals surface area (Å²) in [7, 11) is 0. The quantitative estimate of drug-likeness (QED) is 0.648. The Hall–Kier alpha value is -0.160. The summed E-state index contributed by atoms with van der Waals surface area (Å²) in [6.07, 6.45) is 1.73. The molecule has 1 unspecified atom stereocenters. The van der Waals surface area contributed by atoms with Crippen LogP contribution in [0, 0.1) is 0 Å². The van der Waals surface area contributed by atoms with Gasteiger partial charge in [-0.3, -0.25) is 0 Å². The molecular weight excluding hydrogens is 180 g/mol. The van der Waals surface area contributed by atoms with Crippen molar-refractivity contribution >= 4 is 0 Å². The zero-order chi connectivity index (χ0) is 10.4. The van der Waals surface area contributed by atoms with Crippen molar-refractivity contribution < 1.29 is 9.84 Å². The first-order valence-electron chi connectivity index (χ1n) is 5.46. The Morgan fingerprint density at radius 2 is 2.14 bits per heavy atom. The molecule has 0 spiro atoms. The highest BCUT2D eigenvalue weighted by Gasteiger charge is 2.18. The third kappa shape index (κ3) is 4.37. The standard InChI is InChI=1S/C10H22N2O2/c1-2-14-8-10(13)7-12-5-3-9(11)4-6-12/h9-10,13H,2-8,11H2,1H3. The van der Waals surface area contributed by atoms with E-state index in [9.17, 15) is 5.11 Å². The maximum atomic E-state index is 9.60. The van der Waals surface area contributed by atoms with E-state index in [1.807, 2.05) is 6.92 Å². The summed E-state index contributed by atoms with van der Waals surface area (Å²) in [6, 6.07) is 0.357. The molecule has 0 bridgehead atoms. The molecule has 4 nitrogen and oxygen atoms in total. The second kappa shape index (κ2) is 6.35. The first-order chi connectivity index (χ1) is 6.72. The molecule has 14 heavy (non-hydrogen) atoms. The molecule has 0 radical (unpaired) electrons. The third-order valence-electron chi connectivity index (χ3n) is 2.62. The number of likely N-dealkylation sites (tertiary alicyclic amines) is 1. The Labute approximate surface area is 86.0 Å². The Morgan fingerprint density at radius 1 is 1.50 bits per heavy atom. The van der Waals surface area contributed by atoms with Gasteiger partial charge in [0.05, 0.1) is 12.7 Å². The predicted molar refractivity (Wildman–Crippen MR) is 56.1 cm³/mol. The highest BCUT2D eigenvalue weighted by molar-refractivity contribution is 4.75. The Morgan fingerprint density at radius 3 is 2.71 bits per heavy atom. The van der Waals surface area contributed by atoms with E-state index in [0.717, 1.165) is 25.9 Å². The molecule has 1 rings (SSSR count). The van der Waals surface area contributed by atoms with Gasteiger partial charge in [0.15, 0.2) is 0 Å². The van der Waals surface area contributed by atoms with Gasteiger partial charge in [-0.1, -0.05) is 0 Å². The van der Waals surface area contributed by atoms with Crippen molar-refractivity contribution in [1.29, 1.82) is 0 Å². The summed E-state index contributed by atoms with van der Waals surface area (Å²) in [5, 5.41) is 9.60. The molecule has 1 atom stereocenters. The molecule has 3 N–H and O–H groups in total. The van der Waals surface area contributed by atoms with Crippen molar-refractivity contribution in [3.63, 3.8) is 0 Å². The number of aliphatic hydroxyl groups excluding tert-OH is 1. The van der Waals surface area contributed by atoms with Crippen LogP contribution in [0.25, 0.3) is 0 Å². The molecule has 0 aromatic rings. The van der Waals surface area contributed by atoms with Gasteiger partial charge in [0, 0.05) is 19.2 Å². The minimum absolute atomic E-state index is 0.357.